The molecule has 0 aromatic heterocycles. The lowest BCUT2D eigenvalue weighted by Gasteiger charge is -2.27. The molecule has 1 rings (SSSR count). The van der Waals surface area contributed by atoms with Crippen molar-refractivity contribution in [1.29, 1.82) is 0 Å². The number of halogens is 4. The van der Waals surface area contributed by atoms with E-state index in [0.29, 0.717) is 0 Å². The Morgan fingerprint density at radius 1 is 1.21 bits per heavy atom. The van der Waals surface area contributed by atoms with Crippen LogP contribution in [-0.2, 0) is 5.54 Å². The van der Waals surface area contributed by atoms with Crippen molar-refractivity contribution in [2.24, 2.45) is 5.73 Å². The molecule has 1 aromatic carbocycles. The van der Waals surface area contributed by atoms with Gasteiger partial charge in [-0.1, -0.05) is 12.1 Å². The molecule has 78 valence electrons. The van der Waals surface area contributed by atoms with Crippen molar-refractivity contribution in [2.45, 2.75) is 18.6 Å². The van der Waals surface area contributed by atoms with E-state index >= 15 is 0 Å². The molecule has 0 heterocycles. The van der Waals surface area contributed by atoms with Gasteiger partial charge < -0.3 is 5.73 Å². The van der Waals surface area contributed by atoms with Gasteiger partial charge in [-0.3, -0.25) is 0 Å². The molecule has 0 saturated carbocycles. The summed E-state index contributed by atoms with van der Waals surface area (Å²) in [4.78, 5) is 0. The average Bonchev–Trinajstić information content (AvgIpc) is 2.02. The molecule has 1 nitrogen and oxygen atoms in total. The summed E-state index contributed by atoms with van der Waals surface area (Å²) in [7, 11) is 0. The summed E-state index contributed by atoms with van der Waals surface area (Å²) in [5, 5.41) is 0. The second-order valence-corrected chi connectivity index (χ2v) is 3.21. The van der Waals surface area contributed by atoms with E-state index in [0.717, 1.165) is 25.1 Å². The van der Waals surface area contributed by atoms with Crippen molar-refractivity contribution in [3.63, 3.8) is 0 Å². The highest BCUT2D eigenvalue weighted by molar-refractivity contribution is 5.25. The van der Waals surface area contributed by atoms with Gasteiger partial charge in [0.2, 0.25) is 0 Å². The summed E-state index contributed by atoms with van der Waals surface area (Å²) in [6, 6.07) is 4.20. The fourth-order valence-corrected chi connectivity index (χ4v) is 0.975. The summed E-state index contributed by atoms with van der Waals surface area (Å²) < 4.78 is 49.9. The Morgan fingerprint density at radius 3 is 2.21 bits per heavy atom. The highest BCUT2D eigenvalue weighted by Crippen LogP contribution is 2.36. The molecule has 2 N–H and O–H groups in total. The molecule has 0 fully saturated rings. The van der Waals surface area contributed by atoms with E-state index in [9.17, 15) is 17.6 Å². The quantitative estimate of drug-likeness (QED) is 0.703. The zero-order chi connectivity index (χ0) is 11.0. The van der Waals surface area contributed by atoms with Gasteiger partial charge in [0.1, 0.15) is 11.4 Å². The van der Waals surface area contributed by atoms with E-state index < -0.39 is 17.5 Å². The second-order valence-electron chi connectivity index (χ2n) is 3.21. The number of rotatable bonds is 1. The molecule has 0 aliphatic rings. The molecule has 0 aliphatic heterocycles. The van der Waals surface area contributed by atoms with Gasteiger partial charge >= 0.3 is 6.18 Å². The van der Waals surface area contributed by atoms with Crippen LogP contribution in [0.5, 0.6) is 0 Å². The maximum atomic E-state index is 12.7. The van der Waals surface area contributed by atoms with Gasteiger partial charge in [0, 0.05) is 0 Å². The van der Waals surface area contributed by atoms with Gasteiger partial charge in [-0.25, -0.2) is 4.39 Å². The van der Waals surface area contributed by atoms with Crippen LogP contribution in [0.4, 0.5) is 17.6 Å². The molecule has 0 spiro atoms. The molecule has 1 aromatic rings. The SMILES string of the molecule is CC(N)(c1cccc(F)c1)C(F)(F)F. The molecule has 14 heavy (non-hydrogen) atoms. The molecule has 1 unspecified atom stereocenters. The van der Waals surface area contributed by atoms with E-state index in [2.05, 4.69) is 0 Å². The predicted octanol–water partition coefficient (Wildman–Crippen LogP) is 2.56. The first kappa shape index (κ1) is 11.0. The minimum atomic E-state index is -4.60. The molecular formula is C9H9F4N. The zero-order valence-corrected chi connectivity index (χ0v) is 7.40. The summed E-state index contributed by atoms with van der Waals surface area (Å²) in [5.41, 5.74) is 2.29. The highest BCUT2D eigenvalue weighted by Gasteiger charge is 2.49. The monoisotopic (exact) mass is 207 g/mol. The first-order chi connectivity index (χ1) is 6.25. The summed E-state index contributed by atoms with van der Waals surface area (Å²) in [6.45, 7) is 0.807. The van der Waals surface area contributed by atoms with Crippen LogP contribution >= 0.6 is 0 Å². The minimum absolute atomic E-state index is 0.287. The van der Waals surface area contributed by atoms with E-state index in [-0.39, 0.29) is 5.56 Å². The fourth-order valence-electron chi connectivity index (χ4n) is 0.975. The smallest absolute Gasteiger partial charge is 0.314 e. The normalized spacial score (nSPS) is 16.4. The first-order valence-electron chi connectivity index (χ1n) is 3.87. The largest absolute Gasteiger partial charge is 0.410 e. The second kappa shape index (κ2) is 3.24. The highest BCUT2D eigenvalue weighted by atomic mass is 19.4. The Balaban J connectivity index is 3.16. The Labute approximate surface area is 78.5 Å². The summed E-state index contributed by atoms with van der Waals surface area (Å²) in [5.74, 6) is -0.733. The third-order valence-electron chi connectivity index (χ3n) is 2.01. The third kappa shape index (κ3) is 1.87. The molecule has 0 bridgehead atoms. The molecule has 0 saturated heterocycles. The molecule has 0 amide bonds. The predicted molar refractivity (Wildman–Crippen MR) is 44.0 cm³/mol. The average molecular weight is 207 g/mol. The van der Waals surface area contributed by atoms with Crippen LogP contribution in [0.1, 0.15) is 12.5 Å². The number of hydrogen-bond donors (Lipinski definition) is 1. The van der Waals surface area contributed by atoms with Gasteiger partial charge in [0.25, 0.3) is 0 Å². The van der Waals surface area contributed by atoms with Crippen LogP contribution in [0, 0.1) is 5.82 Å². The Kier molecular flexibility index (Phi) is 2.54. The van der Waals surface area contributed by atoms with Crippen molar-refractivity contribution in [2.75, 3.05) is 0 Å². The van der Waals surface area contributed by atoms with Gasteiger partial charge in [-0.2, -0.15) is 13.2 Å². The molecule has 1 atom stereocenters. The Morgan fingerprint density at radius 2 is 1.79 bits per heavy atom. The zero-order valence-electron chi connectivity index (χ0n) is 7.40. The first-order valence-corrected chi connectivity index (χ1v) is 3.87. The minimum Gasteiger partial charge on any atom is -0.314 e. The molecule has 0 radical (unpaired) electrons. The number of hydrogen-bond acceptors (Lipinski definition) is 1. The molecular weight excluding hydrogens is 198 g/mol. The van der Waals surface area contributed by atoms with Crippen LogP contribution < -0.4 is 5.73 Å². The van der Waals surface area contributed by atoms with Crippen LogP contribution in [0.25, 0.3) is 0 Å². The van der Waals surface area contributed by atoms with Crippen LogP contribution in [0.15, 0.2) is 24.3 Å². The van der Waals surface area contributed by atoms with E-state index in [1.807, 2.05) is 0 Å². The van der Waals surface area contributed by atoms with Crippen molar-refractivity contribution < 1.29 is 17.6 Å². The molecule has 0 aliphatic carbocycles. The van der Waals surface area contributed by atoms with Crippen LogP contribution in [-0.4, -0.2) is 6.18 Å². The van der Waals surface area contributed by atoms with E-state index in [4.69, 9.17) is 5.73 Å². The number of benzene rings is 1. The lowest BCUT2D eigenvalue weighted by Crippen LogP contribution is -2.47. The number of nitrogens with two attached hydrogens (primary N) is 1. The lowest BCUT2D eigenvalue weighted by atomic mass is 9.92. The van der Waals surface area contributed by atoms with Crippen molar-refractivity contribution in [3.8, 4) is 0 Å². The summed E-state index contributed by atoms with van der Waals surface area (Å²) >= 11 is 0. The van der Waals surface area contributed by atoms with Crippen molar-refractivity contribution in [1.82, 2.24) is 0 Å². The third-order valence-corrected chi connectivity index (χ3v) is 2.01. The van der Waals surface area contributed by atoms with Crippen LogP contribution in [0.3, 0.4) is 0 Å². The van der Waals surface area contributed by atoms with Gasteiger partial charge in [-0.15, -0.1) is 0 Å². The lowest BCUT2D eigenvalue weighted by molar-refractivity contribution is -0.184. The molecule has 5 heteroatoms. The van der Waals surface area contributed by atoms with E-state index in [1.165, 1.54) is 6.07 Å². The summed E-state index contributed by atoms with van der Waals surface area (Å²) in [6.07, 6.45) is -4.60. The maximum Gasteiger partial charge on any atom is 0.410 e. The van der Waals surface area contributed by atoms with Gasteiger partial charge in [0.15, 0.2) is 0 Å². The maximum absolute atomic E-state index is 12.7. The topological polar surface area (TPSA) is 26.0 Å². The van der Waals surface area contributed by atoms with Crippen molar-refractivity contribution >= 4 is 0 Å². The number of alkyl halides is 3. The van der Waals surface area contributed by atoms with Gasteiger partial charge in [0.05, 0.1) is 0 Å². The van der Waals surface area contributed by atoms with Crippen molar-refractivity contribution in [3.05, 3.63) is 35.6 Å². The Hall–Kier alpha value is -1.10. The van der Waals surface area contributed by atoms with E-state index in [1.54, 1.807) is 0 Å². The fraction of sp³-hybridized carbons (Fsp3) is 0.333. The Bertz CT molecular complexity index is 330. The van der Waals surface area contributed by atoms with Crippen LogP contribution in [0.2, 0.25) is 0 Å². The standard InChI is InChI=1S/C9H9F4N/c1-8(14,9(11,12)13)6-3-2-4-7(10)5-6/h2-5H,14H2,1H3. The van der Waals surface area contributed by atoms with Gasteiger partial charge in [-0.05, 0) is 24.6 Å².